The van der Waals surface area contributed by atoms with Crippen LogP contribution in [0.15, 0.2) is 0 Å². The van der Waals surface area contributed by atoms with Crippen molar-refractivity contribution in [3.05, 3.63) is 0 Å². The van der Waals surface area contributed by atoms with Crippen LogP contribution in [0.2, 0.25) is 0 Å². The number of amides is 4. The van der Waals surface area contributed by atoms with E-state index in [1.165, 1.54) is 0 Å². The summed E-state index contributed by atoms with van der Waals surface area (Å²) in [4.78, 5) is 25.8. The molecule has 8 heteroatoms. The van der Waals surface area contributed by atoms with Crippen molar-refractivity contribution in [2.45, 2.75) is 0 Å². The van der Waals surface area contributed by atoms with E-state index >= 15 is 0 Å². The minimum atomic E-state index is -0.122. The number of nitrogens with one attached hydrogen (secondary N) is 4. The number of hydrogen-bond acceptors (Lipinski definition) is 4. The van der Waals surface area contributed by atoms with Gasteiger partial charge in [-0.2, -0.15) is 0 Å². The van der Waals surface area contributed by atoms with E-state index in [1.54, 1.807) is 0 Å². The summed E-state index contributed by atoms with van der Waals surface area (Å²) < 4.78 is 0. The minimum absolute atomic E-state index is 0.122. The van der Waals surface area contributed by atoms with Crippen molar-refractivity contribution < 1.29 is 9.59 Å². The van der Waals surface area contributed by atoms with Crippen molar-refractivity contribution in [2.75, 3.05) is 39.8 Å². The molecule has 2 saturated heterocycles. The molecule has 0 bridgehead atoms. The second-order valence-electron chi connectivity index (χ2n) is 3.79. The van der Waals surface area contributed by atoms with E-state index in [2.05, 4.69) is 31.1 Å². The molecule has 0 spiro atoms. The predicted molar refractivity (Wildman–Crippen MR) is 56.2 cm³/mol. The second kappa shape index (κ2) is 4.99. The summed E-state index contributed by atoms with van der Waals surface area (Å²) >= 11 is 0. The topological polar surface area (TPSA) is 88.7 Å². The van der Waals surface area contributed by atoms with Crippen LogP contribution in [0, 0.1) is 0 Å². The maximum atomic E-state index is 10.8. The fourth-order valence-corrected chi connectivity index (χ4v) is 1.57. The lowest BCUT2D eigenvalue weighted by atomic mass is 10.4. The first-order valence-corrected chi connectivity index (χ1v) is 5.22. The summed E-state index contributed by atoms with van der Waals surface area (Å²) in [6, 6.07) is -0.244. The number of carbonyl (C=O) groups excluding carboxylic acids is 2. The van der Waals surface area contributed by atoms with Gasteiger partial charge in [0.1, 0.15) is 0 Å². The van der Waals surface area contributed by atoms with E-state index in [4.69, 9.17) is 0 Å². The molecule has 2 rings (SSSR count). The Labute approximate surface area is 93.3 Å². The Morgan fingerprint density at radius 2 is 1.06 bits per heavy atom. The highest BCUT2D eigenvalue weighted by atomic mass is 16.2. The Hall–Kier alpha value is -1.54. The number of hydrogen-bond donors (Lipinski definition) is 4. The Balaban J connectivity index is 1.64. The standard InChI is InChI=1S/C8H16N6O2/c15-7-9-3-13(4-10-7)1-2-14-5-11-8(16)12-6-14/h1-6H2,(H2,9,10,15)(H2,11,12,16). The van der Waals surface area contributed by atoms with Crippen molar-refractivity contribution in [1.29, 1.82) is 0 Å². The lowest BCUT2D eigenvalue weighted by Crippen LogP contribution is -2.58. The molecule has 0 aliphatic carbocycles. The molecule has 2 aliphatic heterocycles. The van der Waals surface area contributed by atoms with Crippen LogP contribution in [0.4, 0.5) is 9.59 Å². The smallest absolute Gasteiger partial charge is 0.316 e. The molecule has 0 radical (unpaired) electrons. The predicted octanol–water partition coefficient (Wildman–Crippen LogP) is -1.95. The molecule has 0 unspecified atom stereocenters. The van der Waals surface area contributed by atoms with Gasteiger partial charge in [-0.1, -0.05) is 0 Å². The van der Waals surface area contributed by atoms with E-state index in [0.29, 0.717) is 26.7 Å². The van der Waals surface area contributed by atoms with Gasteiger partial charge in [-0.25, -0.2) is 9.59 Å². The molecule has 0 aromatic carbocycles. The molecule has 8 nitrogen and oxygen atoms in total. The van der Waals surface area contributed by atoms with Gasteiger partial charge in [0, 0.05) is 13.1 Å². The van der Waals surface area contributed by atoms with Crippen LogP contribution in [0.3, 0.4) is 0 Å². The maximum Gasteiger partial charge on any atom is 0.316 e. The molecule has 0 aromatic rings. The van der Waals surface area contributed by atoms with Crippen molar-refractivity contribution in [3.8, 4) is 0 Å². The largest absolute Gasteiger partial charge is 0.325 e. The molecular formula is C8H16N6O2. The summed E-state index contributed by atoms with van der Waals surface area (Å²) in [6.45, 7) is 3.95. The van der Waals surface area contributed by atoms with Crippen LogP contribution in [0.25, 0.3) is 0 Å². The lowest BCUT2D eigenvalue weighted by molar-refractivity contribution is 0.143. The molecule has 90 valence electrons. The van der Waals surface area contributed by atoms with Crippen molar-refractivity contribution >= 4 is 12.1 Å². The molecule has 16 heavy (non-hydrogen) atoms. The van der Waals surface area contributed by atoms with Gasteiger partial charge in [-0.15, -0.1) is 0 Å². The summed E-state index contributed by atoms with van der Waals surface area (Å²) in [6.07, 6.45) is 0. The van der Waals surface area contributed by atoms with Gasteiger partial charge in [0.2, 0.25) is 0 Å². The van der Waals surface area contributed by atoms with Crippen molar-refractivity contribution in [1.82, 2.24) is 31.1 Å². The van der Waals surface area contributed by atoms with Crippen LogP contribution in [0.1, 0.15) is 0 Å². The minimum Gasteiger partial charge on any atom is -0.325 e. The normalized spacial score (nSPS) is 23.0. The molecule has 0 saturated carbocycles. The van der Waals surface area contributed by atoms with Crippen LogP contribution < -0.4 is 21.3 Å². The zero-order valence-corrected chi connectivity index (χ0v) is 8.95. The van der Waals surface area contributed by atoms with Gasteiger partial charge in [-0.3, -0.25) is 9.80 Å². The zero-order valence-electron chi connectivity index (χ0n) is 8.95. The number of nitrogens with zero attached hydrogens (tertiary/aromatic N) is 2. The Kier molecular flexibility index (Phi) is 3.42. The van der Waals surface area contributed by atoms with E-state index in [0.717, 1.165) is 13.1 Å². The highest BCUT2D eigenvalue weighted by molar-refractivity contribution is 5.74. The third kappa shape index (κ3) is 2.97. The summed E-state index contributed by atoms with van der Waals surface area (Å²) in [5, 5.41) is 10.8. The van der Waals surface area contributed by atoms with Crippen LogP contribution in [-0.2, 0) is 0 Å². The summed E-state index contributed by atoms with van der Waals surface area (Å²) in [5.41, 5.74) is 0. The first-order valence-electron chi connectivity index (χ1n) is 5.22. The molecule has 2 fully saturated rings. The average molecular weight is 228 g/mol. The third-order valence-electron chi connectivity index (χ3n) is 2.59. The van der Waals surface area contributed by atoms with Gasteiger partial charge >= 0.3 is 12.1 Å². The molecule has 0 atom stereocenters. The number of rotatable bonds is 3. The number of carbonyl (C=O) groups is 2. The van der Waals surface area contributed by atoms with Crippen molar-refractivity contribution in [2.24, 2.45) is 0 Å². The number of urea groups is 2. The molecule has 2 aliphatic rings. The lowest BCUT2D eigenvalue weighted by Gasteiger charge is -2.32. The van der Waals surface area contributed by atoms with Crippen LogP contribution in [0.5, 0.6) is 0 Å². The quantitative estimate of drug-likeness (QED) is 0.452. The molecule has 4 N–H and O–H groups in total. The van der Waals surface area contributed by atoms with Gasteiger partial charge in [0.15, 0.2) is 0 Å². The molecular weight excluding hydrogens is 212 g/mol. The van der Waals surface area contributed by atoms with E-state index in [9.17, 15) is 9.59 Å². The molecule has 0 aromatic heterocycles. The van der Waals surface area contributed by atoms with Gasteiger partial charge < -0.3 is 21.3 Å². The highest BCUT2D eigenvalue weighted by Gasteiger charge is 2.17. The highest BCUT2D eigenvalue weighted by Crippen LogP contribution is 1.93. The van der Waals surface area contributed by atoms with Crippen LogP contribution in [-0.4, -0.2) is 61.6 Å². The van der Waals surface area contributed by atoms with Gasteiger partial charge in [0.05, 0.1) is 26.7 Å². The van der Waals surface area contributed by atoms with E-state index in [-0.39, 0.29) is 12.1 Å². The first-order chi connectivity index (χ1) is 7.74. The summed E-state index contributed by atoms with van der Waals surface area (Å²) in [7, 11) is 0. The van der Waals surface area contributed by atoms with Gasteiger partial charge in [-0.05, 0) is 0 Å². The molecule has 4 amide bonds. The SMILES string of the molecule is O=C1NCN(CCN2CNC(=O)NC2)CN1. The summed E-state index contributed by atoms with van der Waals surface area (Å²) in [5.74, 6) is 0. The van der Waals surface area contributed by atoms with Crippen molar-refractivity contribution in [3.63, 3.8) is 0 Å². The second-order valence-corrected chi connectivity index (χ2v) is 3.79. The average Bonchev–Trinajstić information content (AvgIpc) is 2.30. The van der Waals surface area contributed by atoms with E-state index in [1.807, 2.05) is 0 Å². The van der Waals surface area contributed by atoms with Gasteiger partial charge in [0.25, 0.3) is 0 Å². The monoisotopic (exact) mass is 228 g/mol. The maximum absolute atomic E-state index is 10.8. The Morgan fingerprint density at radius 1 is 0.750 bits per heavy atom. The molecule has 2 heterocycles. The van der Waals surface area contributed by atoms with Crippen LogP contribution >= 0.6 is 0 Å². The first kappa shape index (κ1) is 11.0. The zero-order chi connectivity index (χ0) is 11.4. The third-order valence-corrected chi connectivity index (χ3v) is 2.59. The Morgan fingerprint density at radius 3 is 1.38 bits per heavy atom. The fraction of sp³-hybridized carbons (Fsp3) is 0.750. The van der Waals surface area contributed by atoms with E-state index < -0.39 is 0 Å². The Bertz CT molecular complexity index is 236. The fourth-order valence-electron chi connectivity index (χ4n) is 1.57.